The quantitative estimate of drug-likeness (QED) is 0.789. The van der Waals surface area contributed by atoms with Crippen LogP contribution in [-0.2, 0) is 11.0 Å². The predicted molar refractivity (Wildman–Crippen MR) is 106 cm³/mol. The SMILES string of the molecule is CC1CCN(C(=O)CN2CCCC[C@@H]2c2cc(C(F)(F)F)c3c(N)[nH]nc3n2)CC1. The van der Waals surface area contributed by atoms with Crippen molar-refractivity contribution in [3.05, 3.63) is 17.3 Å². The number of nitrogens with zero attached hydrogens (tertiary/aromatic N) is 4. The van der Waals surface area contributed by atoms with E-state index in [-0.39, 0.29) is 35.3 Å². The number of hydrogen-bond acceptors (Lipinski definition) is 5. The summed E-state index contributed by atoms with van der Waals surface area (Å²) in [5.74, 6) is 0.510. The molecule has 0 aromatic carbocycles. The molecule has 4 rings (SSSR count). The van der Waals surface area contributed by atoms with E-state index in [2.05, 4.69) is 22.1 Å². The molecule has 2 fully saturated rings. The molecule has 7 nitrogen and oxygen atoms in total. The fourth-order valence-electron chi connectivity index (χ4n) is 4.51. The molecule has 2 aromatic rings. The van der Waals surface area contributed by atoms with E-state index >= 15 is 0 Å². The van der Waals surface area contributed by atoms with Crippen LogP contribution in [0, 0.1) is 5.92 Å². The molecule has 0 spiro atoms. The molecular weight excluding hydrogens is 397 g/mol. The number of carbonyl (C=O) groups is 1. The Hall–Kier alpha value is -2.36. The number of nitrogens with one attached hydrogen (secondary N) is 1. The molecule has 2 aromatic heterocycles. The van der Waals surface area contributed by atoms with Crippen LogP contribution in [0.3, 0.4) is 0 Å². The van der Waals surface area contributed by atoms with Crippen LogP contribution in [0.15, 0.2) is 6.07 Å². The number of halogens is 3. The summed E-state index contributed by atoms with van der Waals surface area (Å²) in [7, 11) is 0. The van der Waals surface area contributed by atoms with Crippen LogP contribution in [0.1, 0.15) is 56.3 Å². The van der Waals surface area contributed by atoms with Crippen LogP contribution in [-0.4, -0.2) is 57.1 Å². The number of H-pyrrole nitrogens is 1. The highest BCUT2D eigenvalue weighted by molar-refractivity contribution is 5.89. The first-order valence-electron chi connectivity index (χ1n) is 10.5. The minimum atomic E-state index is -4.58. The van der Waals surface area contributed by atoms with Crippen LogP contribution < -0.4 is 5.73 Å². The number of nitrogen functional groups attached to an aromatic ring is 1. The van der Waals surface area contributed by atoms with Gasteiger partial charge in [-0.15, -0.1) is 0 Å². The Kier molecular flexibility index (Phi) is 5.61. The van der Waals surface area contributed by atoms with Crippen LogP contribution in [0.5, 0.6) is 0 Å². The van der Waals surface area contributed by atoms with E-state index in [0.29, 0.717) is 24.6 Å². The first-order chi connectivity index (χ1) is 14.2. The Morgan fingerprint density at radius 1 is 1.23 bits per heavy atom. The molecule has 10 heteroatoms. The van der Waals surface area contributed by atoms with Gasteiger partial charge in [-0.25, -0.2) is 4.98 Å². The number of anilines is 1. The van der Waals surface area contributed by atoms with Gasteiger partial charge in [-0.05, 0) is 44.2 Å². The van der Waals surface area contributed by atoms with Crippen LogP contribution >= 0.6 is 0 Å². The molecule has 0 unspecified atom stereocenters. The first-order valence-corrected chi connectivity index (χ1v) is 10.5. The first kappa shape index (κ1) is 20.9. The Bertz CT molecular complexity index is 919. The molecule has 3 N–H and O–H groups in total. The third-order valence-electron chi connectivity index (χ3n) is 6.31. The van der Waals surface area contributed by atoms with Crippen LogP contribution in [0.25, 0.3) is 11.0 Å². The fourth-order valence-corrected chi connectivity index (χ4v) is 4.51. The van der Waals surface area contributed by atoms with Crippen molar-refractivity contribution < 1.29 is 18.0 Å². The minimum Gasteiger partial charge on any atom is -0.383 e. The molecule has 30 heavy (non-hydrogen) atoms. The molecule has 1 atom stereocenters. The van der Waals surface area contributed by atoms with E-state index in [4.69, 9.17) is 5.73 Å². The summed E-state index contributed by atoms with van der Waals surface area (Å²) in [5.41, 5.74) is 5.08. The van der Waals surface area contributed by atoms with Gasteiger partial charge in [-0.1, -0.05) is 13.3 Å². The lowest BCUT2D eigenvalue weighted by molar-refractivity contribution is -0.137. The Morgan fingerprint density at radius 2 is 1.97 bits per heavy atom. The number of nitrogens with two attached hydrogens (primary N) is 1. The molecule has 2 saturated heterocycles. The normalized spacial score (nSPS) is 22.0. The third-order valence-corrected chi connectivity index (χ3v) is 6.31. The molecule has 0 saturated carbocycles. The zero-order valence-electron chi connectivity index (χ0n) is 17.0. The largest absolute Gasteiger partial charge is 0.417 e. The molecule has 0 aliphatic carbocycles. The number of aromatic nitrogens is 3. The van der Waals surface area contributed by atoms with Gasteiger partial charge in [0.25, 0.3) is 0 Å². The number of fused-ring (bicyclic) bond motifs is 1. The molecule has 2 aliphatic rings. The van der Waals surface area contributed by atoms with E-state index in [1.54, 1.807) is 0 Å². The number of hydrogen-bond donors (Lipinski definition) is 2. The topological polar surface area (TPSA) is 91.1 Å². The fraction of sp³-hybridized carbons (Fsp3) is 0.650. The Morgan fingerprint density at radius 3 is 2.67 bits per heavy atom. The number of piperidine rings is 2. The van der Waals surface area contributed by atoms with Crippen molar-refractivity contribution >= 4 is 22.8 Å². The second-order valence-corrected chi connectivity index (χ2v) is 8.47. The summed E-state index contributed by atoms with van der Waals surface area (Å²) < 4.78 is 41.1. The average molecular weight is 424 g/mol. The maximum absolute atomic E-state index is 13.7. The molecule has 2 aliphatic heterocycles. The van der Waals surface area contributed by atoms with Gasteiger partial charge in [-0.2, -0.15) is 18.3 Å². The van der Waals surface area contributed by atoms with Crippen molar-refractivity contribution in [1.29, 1.82) is 0 Å². The predicted octanol–water partition coefficient (Wildman–Crippen LogP) is 3.34. The van der Waals surface area contributed by atoms with Gasteiger partial charge in [0.2, 0.25) is 5.91 Å². The van der Waals surface area contributed by atoms with Crippen molar-refractivity contribution in [2.75, 3.05) is 31.9 Å². The van der Waals surface area contributed by atoms with Crippen molar-refractivity contribution in [3.8, 4) is 0 Å². The number of pyridine rings is 1. The number of amides is 1. The summed E-state index contributed by atoms with van der Waals surface area (Å²) in [5, 5.41) is 6.06. The summed E-state index contributed by atoms with van der Waals surface area (Å²) >= 11 is 0. The zero-order chi connectivity index (χ0) is 21.5. The molecule has 4 heterocycles. The second kappa shape index (κ2) is 8.05. The van der Waals surface area contributed by atoms with Crippen molar-refractivity contribution in [1.82, 2.24) is 25.0 Å². The lowest BCUT2D eigenvalue weighted by Crippen LogP contribution is -2.46. The monoisotopic (exact) mass is 424 g/mol. The second-order valence-electron chi connectivity index (χ2n) is 8.47. The van der Waals surface area contributed by atoms with Crippen LogP contribution in [0.2, 0.25) is 0 Å². The highest BCUT2D eigenvalue weighted by atomic mass is 19.4. The van der Waals surface area contributed by atoms with Gasteiger partial charge in [0.1, 0.15) is 5.82 Å². The Labute approximate surface area is 172 Å². The minimum absolute atomic E-state index is 0.0370. The van der Waals surface area contributed by atoms with Crippen molar-refractivity contribution in [3.63, 3.8) is 0 Å². The number of rotatable bonds is 3. The molecular formula is C20H27F3N6O. The standard InChI is InChI=1S/C20H27F3N6O/c1-12-5-8-28(9-6-12)16(30)11-29-7-3-2-4-15(29)14-10-13(20(21,22)23)17-18(24)26-27-19(17)25-14/h10,12,15H,2-9,11H2,1H3,(H3,24,25,26,27)/t15-/m1/s1. The smallest absolute Gasteiger partial charge is 0.383 e. The third kappa shape index (κ3) is 4.10. The maximum atomic E-state index is 13.7. The van der Waals surface area contributed by atoms with E-state index in [9.17, 15) is 18.0 Å². The summed E-state index contributed by atoms with van der Waals surface area (Å²) in [6.45, 7) is 4.53. The van der Waals surface area contributed by atoms with E-state index in [1.807, 2.05) is 9.80 Å². The molecule has 1 amide bonds. The highest BCUT2D eigenvalue weighted by Gasteiger charge is 2.37. The molecule has 0 bridgehead atoms. The van der Waals surface area contributed by atoms with Gasteiger partial charge < -0.3 is 10.6 Å². The number of alkyl halides is 3. The van der Waals surface area contributed by atoms with E-state index in [1.165, 1.54) is 0 Å². The van der Waals surface area contributed by atoms with Gasteiger partial charge in [0, 0.05) is 13.1 Å². The summed E-state index contributed by atoms with van der Waals surface area (Å²) in [6.07, 6.45) is -0.162. The lowest BCUT2D eigenvalue weighted by Gasteiger charge is -2.37. The number of likely N-dealkylation sites (tertiary alicyclic amines) is 2. The summed E-state index contributed by atoms with van der Waals surface area (Å²) in [6, 6.07) is 0.722. The Balaban J connectivity index is 1.61. The summed E-state index contributed by atoms with van der Waals surface area (Å²) in [4.78, 5) is 21.1. The number of carbonyl (C=O) groups excluding carboxylic acids is 1. The average Bonchev–Trinajstić information content (AvgIpc) is 3.08. The van der Waals surface area contributed by atoms with Crippen molar-refractivity contribution in [2.45, 2.75) is 51.2 Å². The van der Waals surface area contributed by atoms with Crippen LogP contribution in [0.4, 0.5) is 19.0 Å². The molecule has 0 radical (unpaired) electrons. The highest BCUT2D eigenvalue weighted by Crippen LogP contribution is 2.39. The maximum Gasteiger partial charge on any atom is 0.417 e. The van der Waals surface area contributed by atoms with Gasteiger partial charge in [0.05, 0.1) is 29.2 Å². The number of aromatic amines is 1. The van der Waals surface area contributed by atoms with Gasteiger partial charge >= 0.3 is 6.18 Å². The van der Waals surface area contributed by atoms with Gasteiger partial charge in [-0.3, -0.25) is 14.8 Å². The lowest BCUT2D eigenvalue weighted by atomic mass is 9.96. The van der Waals surface area contributed by atoms with E-state index < -0.39 is 11.7 Å². The van der Waals surface area contributed by atoms with Crippen molar-refractivity contribution in [2.24, 2.45) is 5.92 Å². The van der Waals surface area contributed by atoms with E-state index in [0.717, 1.165) is 44.8 Å². The molecule has 164 valence electrons. The zero-order valence-corrected chi connectivity index (χ0v) is 17.0. The van der Waals surface area contributed by atoms with Gasteiger partial charge in [0.15, 0.2) is 5.65 Å².